The molecule has 0 saturated carbocycles. The molecule has 81 heavy (non-hydrogen) atoms. The maximum Gasteiger partial charge on any atom is 0.165 e. The number of nitrogens with zero attached hydrogens (tertiary/aromatic N) is 6. The van der Waals surface area contributed by atoms with Crippen molar-refractivity contribution in [3.63, 3.8) is 0 Å². The largest absolute Gasteiger partial charge is 0.292 e. The molecule has 13 aromatic carbocycles. The zero-order valence-corrected chi connectivity index (χ0v) is 44.3. The predicted octanol–water partition coefficient (Wildman–Crippen LogP) is 20.5. The fourth-order valence-corrected chi connectivity index (χ4v) is 13.9. The summed E-state index contributed by atoms with van der Waals surface area (Å²) in [4.78, 5) is 26.0. The van der Waals surface area contributed by atoms with E-state index in [1.807, 2.05) is 41.7 Å². The molecule has 0 unspecified atom stereocenters. The van der Waals surface area contributed by atoms with Crippen LogP contribution in [0.15, 0.2) is 267 Å². The lowest BCUT2D eigenvalue weighted by atomic mass is 9.90. The van der Waals surface area contributed by atoms with Crippen molar-refractivity contribution in [2.24, 2.45) is 0 Å². The molecule has 2 aliphatic rings. The number of fused-ring (bicyclic) bond motifs is 12. The van der Waals surface area contributed by atoms with Crippen LogP contribution < -0.4 is 9.80 Å². The smallest absolute Gasteiger partial charge is 0.165 e. The van der Waals surface area contributed by atoms with Crippen molar-refractivity contribution >= 4 is 131 Å². The van der Waals surface area contributed by atoms with Gasteiger partial charge in [0.15, 0.2) is 11.6 Å². The standard InChI is InChI=1S/C38H23N3.C36H21N3S/c1-2-14-26-25(11-1)23-31(28-16-4-3-15-27(26)28)37-38(40-33-20-7-6-19-32(33)39-37)41-34-21-8-5-17-29(34)30-18-9-12-24-13-10-22-35(41)36(24)30;1-5-16-30-24(11-1)27-13-7-9-22-10-8-17-31(34(22)27)39(30)36-35(37-28-14-3-4-15-29(28)38-36)23-19-20-26-25-12-2-6-18-32(25)40-33(26)21-23/h1-23H;1-21H. The van der Waals surface area contributed by atoms with E-state index in [0.717, 1.165) is 79.0 Å². The van der Waals surface area contributed by atoms with E-state index >= 15 is 0 Å². The minimum absolute atomic E-state index is 0.832. The highest BCUT2D eigenvalue weighted by atomic mass is 32.1. The number of para-hydroxylation sites is 6. The van der Waals surface area contributed by atoms with Gasteiger partial charge >= 0.3 is 0 Å². The second kappa shape index (κ2) is 18.0. The van der Waals surface area contributed by atoms with Gasteiger partial charge in [0.25, 0.3) is 0 Å². The van der Waals surface area contributed by atoms with Gasteiger partial charge < -0.3 is 0 Å². The molecule has 376 valence electrons. The molecule has 18 rings (SSSR count). The molecular formula is C74H44N6S. The Bertz CT molecular complexity index is 5290. The SMILES string of the molecule is c1ccc2c(c1)-c1cccc3cccc(c13)N2c1nc2ccccc2nc1-c1cc2ccccc2c2ccccc12.c1ccc2c(c1)-c1cccc3cccc(c13)N2c1nc2ccccc2nc1-c1ccc2c(c1)sc1ccccc12. The van der Waals surface area contributed by atoms with Gasteiger partial charge in [-0.25, -0.2) is 19.9 Å². The summed E-state index contributed by atoms with van der Waals surface area (Å²) in [5.74, 6) is 1.67. The third-order valence-electron chi connectivity index (χ3n) is 16.3. The Morgan fingerprint density at radius 2 is 0.691 bits per heavy atom. The molecule has 3 aromatic heterocycles. The Balaban J connectivity index is 0.000000129. The van der Waals surface area contributed by atoms with E-state index in [-0.39, 0.29) is 0 Å². The first-order valence-electron chi connectivity index (χ1n) is 27.4. The summed E-state index contributed by atoms with van der Waals surface area (Å²) >= 11 is 1.83. The fraction of sp³-hybridized carbons (Fsp3) is 0. The van der Waals surface area contributed by atoms with Gasteiger partial charge in [-0.2, -0.15) is 0 Å². The van der Waals surface area contributed by atoms with Crippen LogP contribution in [0.25, 0.3) is 130 Å². The number of hydrogen-bond acceptors (Lipinski definition) is 7. The molecule has 0 spiro atoms. The maximum absolute atomic E-state index is 5.38. The van der Waals surface area contributed by atoms with Crippen molar-refractivity contribution in [1.82, 2.24) is 19.9 Å². The highest BCUT2D eigenvalue weighted by Gasteiger charge is 2.32. The van der Waals surface area contributed by atoms with Crippen LogP contribution in [-0.2, 0) is 0 Å². The summed E-state index contributed by atoms with van der Waals surface area (Å²) in [5.41, 5.74) is 16.8. The second-order valence-electron chi connectivity index (χ2n) is 20.8. The monoisotopic (exact) mass is 1050 g/mol. The normalized spacial score (nSPS) is 12.4. The summed E-state index contributed by atoms with van der Waals surface area (Å²) in [7, 11) is 0. The minimum Gasteiger partial charge on any atom is -0.292 e. The number of rotatable bonds is 4. The van der Waals surface area contributed by atoms with Crippen LogP contribution in [0.2, 0.25) is 0 Å². The van der Waals surface area contributed by atoms with Gasteiger partial charge in [-0.1, -0.05) is 200 Å². The molecule has 0 radical (unpaired) electrons. The van der Waals surface area contributed by atoms with Crippen LogP contribution in [0.5, 0.6) is 0 Å². The van der Waals surface area contributed by atoms with Crippen molar-refractivity contribution in [1.29, 1.82) is 0 Å². The fourth-order valence-electron chi connectivity index (χ4n) is 12.8. The van der Waals surface area contributed by atoms with E-state index < -0.39 is 0 Å². The minimum atomic E-state index is 0.832. The first-order chi connectivity index (χ1) is 40.2. The van der Waals surface area contributed by atoms with Crippen LogP contribution in [-0.4, -0.2) is 19.9 Å². The van der Waals surface area contributed by atoms with E-state index in [2.05, 4.69) is 246 Å². The van der Waals surface area contributed by atoms with Crippen LogP contribution >= 0.6 is 11.3 Å². The van der Waals surface area contributed by atoms with Gasteiger partial charge in [0, 0.05) is 53.2 Å². The summed E-state index contributed by atoms with van der Waals surface area (Å²) in [6.07, 6.45) is 0. The summed E-state index contributed by atoms with van der Waals surface area (Å²) in [6.45, 7) is 0. The van der Waals surface area contributed by atoms with Crippen molar-refractivity contribution in [2.75, 3.05) is 9.80 Å². The number of benzene rings is 13. The summed E-state index contributed by atoms with van der Waals surface area (Å²) < 4.78 is 2.55. The average Bonchev–Trinajstić information content (AvgIpc) is 4.09. The Hall–Kier alpha value is -10.6. The summed E-state index contributed by atoms with van der Waals surface area (Å²) in [6, 6.07) is 94.7. The number of anilines is 6. The molecule has 5 heterocycles. The van der Waals surface area contributed by atoms with Crippen LogP contribution in [0, 0.1) is 0 Å². The van der Waals surface area contributed by atoms with Crippen molar-refractivity contribution in [2.45, 2.75) is 0 Å². The molecular weight excluding hydrogens is 1000 g/mol. The van der Waals surface area contributed by atoms with Gasteiger partial charge in [-0.3, -0.25) is 9.80 Å². The maximum atomic E-state index is 5.38. The van der Waals surface area contributed by atoms with E-state index in [9.17, 15) is 0 Å². The molecule has 6 nitrogen and oxygen atoms in total. The van der Waals surface area contributed by atoms with Crippen molar-refractivity contribution < 1.29 is 0 Å². The molecule has 0 N–H and O–H groups in total. The number of thiophene rings is 1. The van der Waals surface area contributed by atoms with Crippen LogP contribution in [0.1, 0.15) is 0 Å². The summed E-state index contributed by atoms with van der Waals surface area (Å²) in [5, 5.41) is 12.3. The molecule has 0 bridgehead atoms. The van der Waals surface area contributed by atoms with Gasteiger partial charge in [-0.05, 0) is 110 Å². The lowest BCUT2D eigenvalue weighted by Crippen LogP contribution is -2.18. The molecule has 0 aliphatic carbocycles. The number of aromatic nitrogens is 4. The lowest BCUT2D eigenvalue weighted by molar-refractivity contribution is 1.18. The van der Waals surface area contributed by atoms with E-state index in [4.69, 9.17) is 19.9 Å². The van der Waals surface area contributed by atoms with Crippen LogP contribution in [0.4, 0.5) is 34.4 Å². The third-order valence-corrected chi connectivity index (χ3v) is 17.5. The van der Waals surface area contributed by atoms with Gasteiger partial charge in [-0.15, -0.1) is 11.3 Å². The van der Waals surface area contributed by atoms with Crippen molar-refractivity contribution in [3.05, 3.63) is 267 Å². The van der Waals surface area contributed by atoms with Gasteiger partial charge in [0.1, 0.15) is 11.4 Å². The number of hydrogen-bond donors (Lipinski definition) is 0. The molecule has 0 atom stereocenters. The average molecular weight is 1050 g/mol. The zero-order valence-electron chi connectivity index (χ0n) is 43.5. The topological polar surface area (TPSA) is 58.0 Å². The Morgan fingerprint density at radius 3 is 1.32 bits per heavy atom. The third kappa shape index (κ3) is 7.05. The molecule has 0 saturated heterocycles. The highest BCUT2D eigenvalue weighted by molar-refractivity contribution is 7.25. The van der Waals surface area contributed by atoms with Crippen LogP contribution in [0.3, 0.4) is 0 Å². The van der Waals surface area contributed by atoms with Gasteiger partial charge in [0.05, 0.1) is 44.8 Å². The molecule has 2 aliphatic heterocycles. The Labute approximate surface area is 469 Å². The first kappa shape index (κ1) is 45.4. The quantitative estimate of drug-likeness (QED) is 0.164. The highest BCUT2D eigenvalue weighted by Crippen LogP contribution is 2.54. The predicted molar refractivity (Wildman–Crippen MR) is 340 cm³/mol. The van der Waals surface area contributed by atoms with E-state index in [1.54, 1.807) is 0 Å². The second-order valence-corrected chi connectivity index (χ2v) is 21.9. The van der Waals surface area contributed by atoms with E-state index in [0.29, 0.717) is 0 Å². The molecule has 7 heteroatoms. The zero-order chi connectivity index (χ0) is 53.1. The lowest BCUT2D eigenvalue weighted by Gasteiger charge is -2.33. The van der Waals surface area contributed by atoms with E-state index in [1.165, 1.54) is 85.5 Å². The first-order valence-corrected chi connectivity index (χ1v) is 28.2. The van der Waals surface area contributed by atoms with Crippen molar-refractivity contribution in [3.8, 4) is 44.8 Å². The molecule has 0 fully saturated rings. The molecule has 16 aromatic rings. The Morgan fingerprint density at radius 1 is 0.259 bits per heavy atom. The molecule has 0 amide bonds. The Kier molecular flexibility index (Phi) is 10.1. The van der Waals surface area contributed by atoms with Gasteiger partial charge in [0.2, 0.25) is 0 Å².